The van der Waals surface area contributed by atoms with Crippen LogP contribution in [-0.2, 0) is 14.3 Å². The Hall–Kier alpha value is -2.37. The molecule has 2 aromatic carbocycles. The van der Waals surface area contributed by atoms with Gasteiger partial charge in [0.15, 0.2) is 6.10 Å². The fourth-order valence-corrected chi connectivity index (χ4v) is 3.59. The molecule has 2 N–H and O–H groups in total. The number of carbonyl (C=O) groups is 1. The molecule has 0 spiro atoms. The summed E-state index contributed by atoms with van der Waals surface area (Å²) in [5.74, 6) is 0.355. The topological polar surface area (TPSA) is 70.8 Å². The van der Waals surface area contributed by atoms with Crippen LogP contribution in [0.15, 0.2) is 54.6 Å². The van der Waals surface area contributed by atoms with Gasteiger partial charge in [-0.1, -0.05) is 49.4 Å². The zero-order valence-electron chi connectivity index (χ0n) is 17.3. The number of esters is 1. The molecule has 1 aliphatic heterocycles. The third-order valence-electron chi connectivity index (χ3n) is 5.21. The first-order valence-electron chi connectivity index (χ1n) is 10.5. The number of nitrogens with two attached hydrogens (primary N) is 1. The van der Waals surface area contributed by atoms with Crippen molar-refractivity contribution in [1.29, 1.82) is 0 Å². The quantitative estimate of drug-likeness (QED) is 0.734. The van der Waals surface area contributed by atoms with Crippen molar-refractivity contribution >= 4 is 5.97 Å². The first kappa shape index (κ1) is 21.3. The Balaban J connectivity index is 1.78. The molecule has 0 bridgehead atoms. The number of cyclic esters (lactones) is 1. The molecular weight excluding hydrogens is 366 g/mol. The first-order valence-corrected chi connectivity index (χ1v) is 10.5. The Kier molecular flexibility index (Phi) is 7.67. The molecule has 156 valence electrons. The van der Waals surface area contributed by atoms with Crippen molar-refractivity contribution in [3.63, 3.8) is 0 Å². The van der Waals surface area contributed by atoms with Gasteiger partial charge in [-0.3, -0.25) is 4.79 Å². The van der Waals surface area contributed by atoms with Crippen molar-refractivity contribution < 1.29 is 19.0 Å². The monoisotopic (exact) mass is 397 g/mol. The highest BCUT2D eigenvalue weighted by Gasteiger charge is 2.35. The van der Waals surface area contributed by atoms with E-state index in [4.69, 9.17) is 19.9 Å². The van der Waals surface area contributed by atoms with Gasteiger partial charge in [0.2, 0.25) is 0 Å². The molecular formula is C24H31NO4. The Labute approximate surface area is 173 Å². The van der Waals surface area contributed by atoms with Crippen LogP contribution in [0.5, 0.6) is 5.75 Å². The lowest BCUT2D eigenvalue weighted by Crippen LogP contribution is -2.45. The highest BCUT2D eigenvalue weighted by molar-refractivity contribution is 5.75. The smallest absolute Gasteiger partial charge is 0.323 e. The summed E-state index contributed by atoms with van der Waals surface area (Å²) in [5.41, 5.74) is 8.22. The van der Waals surface area contributed by atoms with Crippen molar-refractivity contribution in [2.24, 2.45) is 5.73 Å². The lowest BCUT2D eigenvalue weighted by Gasteiger charge is -2.31. The molecule has 1 fully saturated rings. The fourth-order valence-electron chi connectivity index (χ4n) is 3.59. The van der Waals surface area contributed by atoms with Crippen LogP contribution in [-0.4, -0.2) is 36.9 Å². The van der Waals surface area contributed by atoms with Gasteiger partial charge in [-0.05, 0) is 55.9 Å². The molecule has 0 amide bonds. The van der Waals surface area contributed by atoms with E-state index in [9.17, 15) is 4.79 Å². The molecule has 5 nitrogen and oxygen atoms in total. The molecule has 4 atom stereocenters. The lowest BCUT2D eigenvalue weighted by molar-refractivity contribution is -0.158. The van der Waals surface area contributed by atoms with Gasteiger partial charge in [0.25, 0.3) is 0 Å². The van der Waals surface area contributed by atoms with Crippen LogP contribution in [0.25, 0.3) is 11.1 Å². The Bertz CT molecular complexity index is 762. The van der Waals surface area contributed by atoms with Gasteiger partial charge in [0.1, 0.15) is 17.9 Å². The molecule has 5 heteroatoms. The van der Waals surface area contributed by atoms with Crippen LogP contribution >= 0.6 is 0 Å². The van der Waals surface area contributed by atoms with Crippen LogP contribution in [0.1, 0.15) is 39.5 Å². The second kappa shape index (κ2) is 10.4. The number of carbonyl (C=O) groups excluding carboxylic acids is 1. The maximum absolute atomic E-state index is 12.2. The summed E-state index contributed by atoms with van der Waals surface area (Å²) in [6, 6.07) is 17.6. The van der Waals surface area contributed by atoms with Crippen LogP contribution in [0.2, 0.25) is 0 Å². The van der Waals surface area contributed by atoms with Crippen LogP contribution < -0.4 is 10.5 Å². The maximum atomic E-state index is 12.2. The Morgan fingerprint density at radius 3 is 2.41 bits per heavy atom. The summed E-state index contributed by atoms with van der Waals surface area (Å²) in [7, 11) is 0. The molecule has 1 aliphatic rings. The normalized spacial score (nSPS) is 25.4. The lowest BCUT2D eigenvalue weighted by atomic mass is 10.0. The van der Waals surface area contributed by atoms with Gasteiger partial charge < -0.3 is 19.9 Å². The summed E-state index contributed by atoms with van der Waals surface area (Å²) < 4.78 is 18.0. The average molecular weight is 398 g/mol. The minimum atomic E-state index is -0.590. The summed E-state index contributed by atoms with van der Waals surface area (Å²) in [4.78, 5) is 12.2. The summed E-state index contributed by atoms with van der Waals surface area (Å²) in [6.45, 7) is 4.57. The molecule has 0 radical (unpaired) electrons. The second-order valence-corrected chi connectivity index (χ2v) is 7.56. The molecule has 0 unspecified atom stereocenters. The second-order valence-electron chi connectivity index (χ2n) is 7.56. The number of hydrogen-bond acceptors (Lipinski definition) is 5. The molecule has 0 aromatic heterocycles. The van der Waals surface area contributed by atoms with Gasteiger partial charge in [-0.25, -0.2) is 0 Å². The van der Waals surface area contributed by atoms with E-state index >= 15 is 0 Å². The average Bonchev–Trinajstić information content (AvgIpc) is 2.79. The van der Waals surface area contributed by atoms with Gasteiger partial charge in [-0.2, -0.15) is 0 Å². The summed E-state index contributed by atoms with van der Waals surface area (Å²) in [5, 5.41) is 0. The molecule has 29 heavy (non-hydrogen) atoms. The molecule has 1 saturated heterocycles. The zero-order valence-corrected chi connectivity index (χ0v) is 17.3. The number of rotatable bonds is 6. The largest absolute Gasteiger partial charge is 0.484 e. The number of ether oxygens (including phenoxy) is 3. The van der Waals surface area contributed by atoms with Crippen LogP contribution in [0.4, 0.5) is 0 Å². The molecule has 3 rings (SSSR count). The van der Waals surface area contributed by atoms with Gasteiger partial charge >= 0.3 is 5.97 Å². The van der Waals surface area contributed by atoms with E-state index in [0.29, 0.717) is 13.0 Å². The van der Waals surface area contributed by atoms with Crippen LogP contribution in [0.3, 0.4) is 0 Å². The Morgan fingerprint density at radius 2 is 1.72 bits per heavy atom. The van der Waals surface area contributed by atoms with Crippen molar-refractivity contribution in [3.05, 3.63) is 54.6 Å². The highest BCUT2D eigenvalue weighted by Crippen LogP contribution is 2.26. The molecule has 1 heterocycles. The Morgan fingerprint density at radius 1 is 1.03 bits per heavy atom. The van der Waals surface area contributed by atoms with E-state index < -0.39 is 18.2 Å². The van der Waals surface area contributed by atoms with E-state index in [0.717, 1.165) is 36.1 Å². The van der Waals surface area contributed by atoms with Crippen LogP contribution in [0, 0.1) is 0 Å². The first-order chi connectivity index (χ1) is 14.1. The van der Waals surface area contributed by atoms with Crippen molar-refractivity contribution in [1.82, 2.24) is 0 Å². The summed E-state index contributed by atoms with van der Waals surface area (Å²) >= 11 is 0. The minimum absolute atomic E-state index is 0.156. The minimum Gasteiger partial charge on any atom is -0.484 e. The molecule has 0 aliphatic carbocycles. The SMILES string of the molecule is CCCO[C@H]1CCC[C@H](N)C(=O)O[C@@H](C)[C@@H]1Oc1ccc(-c2ccccc2)cc1. The van der Waals surface area contributed by atoms with Gasteiger partial charge in [0.05, 0.1) is 6.10 Å². The van der Waals surface area contributed by atoms with E-state index in [2.05, 4.69) is 19.1 Å². The van der Waals surface area contributed by atoms with Crippen molar-refractivity contribution in [3.8, 4) is 16.9 Å². The standard InChI is InChI=1S/C24H31NO4/c1-3-16-27-22-11-7-10-21(25)24(26)28-17(2)23(22)29-20-14-12-19(13-15-20)18-8-5-4-6-9-18/h4-6,8-9,12-15,17,21-23H,3,7,10-11,16,25H2,1-2H3/t17-,21-,22-,23-/m0/s1. The van der Waals surface area contributed by atoms with Gasteiger partial charge in [0, 0.05) is 6.61 Å². The third-order valence-corrected chi connectivity index (χ3v) is 5.21. The maximum Gasteiger partial charge on any atom is 0.323 e. The molecule has 0 saturated carbocycles. The van der Waals surface area contributed by atoms with E-state index in [1.807, 2.05) is 49.4 Å². The van der Waals surface area contributed by atoms with Crippen molar-refractivity contribution in [2.75, 3.05) is 6.61 Å². The van der Waals surface area contributed by atoms with E-state index in [1.54, 1.807) is 0 Å². The highest BCUT2D eigenvalue weighted by atomic mass is 16.6. The number of hydrogen-bond donors (Lipinski definition) is 1. The predicted octanol–water partition coefficient (Wildman–Crippen LogP) is 4.34. The van der Waals surface area contributed by atoms with Crippen molar-refractivity contribution in [2.45, 2.75) is 63.9 Å². The van der Waals surface area contributed by atoms with E-state index in [1.165, 1.54) is 0 Å². The predicted molar refractivity (Wildman–Crippen MR) is 114 cm³/mol. The number of benzene rings is 2. The van der Waals surface area contributed by atoms with Gasteiger partial charge in [-0.15, -0.1) is 0 Å². The zero-order chi connectivity index (χ0) is 20.6. The fraction of sp³-hybridized carbons (Fsp3) is 0.458. The molecule has 2 aromatic rings. The third kappa shape index (κ3) is 5.81. The summed E-state index contributed by atoms with van der Waals surface area (Å²) in [6.07, 6.45) is 2.09. The van der Waals surface area contributed by atoms with E-state index in [-0.39, 0.29) is 12.1 Å².